The van der Waals surface area contributed by atoms with Gasteiger partial charge in [0.1, 0.15) is 0 Å². The number of fused-ring (bicyclic) bond motifs is 1. The molecule has 0 saturated carbocycles. The van der Waals surface area contributed by atoms with Crippen LogP contribution in [0.1, 0.15) is 16.1 Å². The number of thioether (sulfide) groups is 1. The van der Waals surface area contributed by atoms with Crippen LogP contribution in [0.2, 0.25) is 0 Å². The topological polar surface area (TPSA) is 64.0 Å². The van der Waals surface area contributed by atoms with E-state index < -0.39 is 0 Å². The number of carbonyl (C=O) groups is 2. The monoisotopic (exact) mass is 369 g/mol. The van der Waals surface area contributed by atoms with E-state index in [-0.39, 0.29) is 11.1 Å². The molecule has 1 saturated heterocycles. The Balaban J connectivity index is 1.64. The van der Waals surface area contributed by atoms with Crippen molar-refractivity contribution in [2.24, 2.45) is 0 Å². The third-order valence-electron chi connectivity index (χ3n) is 4.20. The van der Waals surface area contributed by atoms with Crippen molar-refractivity contribution in [3.63, 3.8) is 0 Å². The second-order valence-corrected chi connectivity index (χ2v) is 7.71. The summed E-state index contributed by atoms with van der Waals surface area (Å²) in [6, 6.07) is 8.07. The van der Waals surface area contributed by atoms with E-state index in [2.05, 4.69) is 33.2 Å². The molecule has 0 spiro atoms. The smallest absolute Gasteiger partial charge is 0.290 e. The molecule has 5 nitrogen and oxygen atoms in total. The zero-order chi connectivity index (χ0) is 17.4. The summed E-state index contributed by atoms with van der Waals surface area (Å²) in [5, 5.41) is 3.04. The van der Waals surface area contributed by atoms with Crippen LogP contribution in [0.15, 0.2) is 40.9 Å². The van der Waals surface area contributed by atoms with Gasteiger partial charge >= 0.3 is 0 Å². The lowest BCUT2D eigenvalue weighted by molar-refractivity contribution is -0.115. The van der Waals surface area contributed by atoms with Gasteiger partial charge in [-0.25, -0.2) is 4.98 Å². The molecule has 2 amide bonds. The van der Waals surface area contributed by atoms with Crippen LogP contribution in [-0.2, 0) is 17.8 Å². The molecule has 126 valence electrons. The lowest BCUT2D eigenvalue weighted by Gasteiger charge is -2.06. The predicted octanol–water partition coefficient (Wildman–Crippen LogP) is 3.97. The number of aryl methyl sites for hydroxylation is 3. The highest BCUT2D eigenvalue weighted by Crippen LogP contribution is 2.29. The van der Waals surface area contributed by atoms with E-state index in [1.807, 2.05) is 24.6 Å². The Labute approximate surface area is 152 Å². The molecule has 1 N–H and O–H groups in total. The molecule has 3 heterocycles. The first-order chi connectivity index (χ1) is 12.1. The number of rotatable bonds is 4. The zero-order valence-electron chi connectivity index (χ0n) is 13.5. The first-order valence-electron chi connectivity index (χ1n) is 7.83. The summed E-state index contributed by atoms with van der Waals surface area (Å²) < 4.78 is 2.21. The van der Waals surface area contributed by atoms with Crippen LogP contribution < -0.4 is 5.32 Å². The maximum atomic E-state index is 11.8. The fraction of sp³-hybridized carbons (Fsp3) is 0.167. The van der Waals surface area contributed by atoms with E-state index in [0.29, 0.717) is 4.91 Å². The fourth-order valence-corrected chi connectivity index (χ4v) is 4.36. The van der Waals surface area contributed by atoms with Gasteiger partial charge in [0.25, 0.3) is 11.1 Å². The average Bonchev–Trinajstić information content (AvgIpc) is 3.26. The molecule has 0 bridgehead atoms. The van der Waals surface area contributed by atoms with Crippen molar-refractivity contribution in [3.8, 4) is 0 Å². The zero-order valence-corrected chi connectivity index (χ0v) is 15.1. The minimum absolute atomic E-state index is 0.319. The Morgan fingerprint density at radius 3 is 2.88 bits per heavy atom. The molecule has 0 atom stereocenters. The molecule has 2 aromatic heterocycles. The van der Waals surface area contributed by atoms with Crippen LogP contribution in [-0.4, -0.2) is 20.7 Å². The van der Waals surface area contributed by atoms with Gasteiger partial charge in [0.15, 0.2) is 0 Å². The first kappa shape index (κ1) is 16.1. The van der Waals surface area contributed by atoms with Crippen LogP contribution in [0.3, 0.4) is 0 Å². The van der Waals surface area contributed by atoms with Gasteiger partial charge in [0, 0.05) is 34.9 Å². The molecule has 1 aliphatic rings. The van der Waals surface area contributed by atoms with Gasteiger partial charge in [-0.1, -0.05) is 12.1 Å². The lowest BCUT2D eigenvalue weighted by atomic mass is 10.1. The number of hydrogen-bond acceptors (Lipinski definition) is 5. The van der Waals surface area contributed by atoms with Crippen molar-refractivity contribution in [2.45, 2.75) is 19.9 Å². The van der Waals surface area contributed by atoms with E-state index in [9.17, 15) is 9.59 Å². The molecule has 1 fully saturated rings. The van der Waals surface area contributed by atoms with E-state index in [0.717, 1.165) is 46.9 Å². The number of hydrogen-bond donors (Lipinski definition) is 1. The number of thiazole rings is 1. The van der Waals surface area contributed by atoms with E-state index >= 15 is 0 Å². The van der Waals surface area contributed by atoms with Gasteiger partial charge in [-0.2, -0.15) is 0 Å². The Kier molecular flexibility index (Phi) is 4.19. The number of carbonyl (C=O) groups excluding carboxylic acids is 2. The van der Waals surface area contributed by atoms with Gasteiger partial charge in [-0.15, -0.1) is 11.3 Å². The molecule has 3 aromatic rings. The summed E-state index contributed by atoms with van der Waals surface area (Å²) >= 11 is 2.63. The standard InChI is InChI=1S/C18H15N3O2S2/c1-11-15(24-10-19-11)6-8-21-7-5-13-12(3-2-4-14(13)21)9-16-17(22)20-18(23)25-16/h2-5,7,9-10H,6,8H2,1H3,(H,20,22,23)/b16-9-. The van der Waals surface area contributed by atoms with Crippen LogP contribution in [0.25, 0.3) is 17.0 Å². The normalized spacial score (nSPS) is 16.1. The number of nitrogens with one attached hydrogen (secondary N) is 1. The van der Waals surface area contributed by atoms with Crippen LogP contribution in [0, 0.1) is 6.92 Å². The highest BCUT2D eigenvalue weighted by Gasteiger charge is 2.25. The second kappa shape index (κ2) is 6.50. The molecular formula is C18H15N3O2S2. The number of amides is 2. The third-order valence-corrected chi connectivity index (χ3v) is 6.01. The molecule has 1 aromatic carbocycles. The van der Waals surface area contributed by atoms with Crippen molar-refractivity contribution in [2.75, 3.05) is 0 Å². The number of nitrogens with zero attached hydrogens (tertiary/aromatic N) is 2. The quantitative estimate of drug-likeness (QED) is 0.707. The maximum Gasteiger partial charge on any atom is 0.290 e. The van der Waals surface area contributed by atoms with Crippen molar-refractivity contribution in [1.29, 1.82) is 0 Å². The molecule has 7 heteroatoms. The van der Waals surface area contributed by atoms with E-state index in [1.165, 1.54) is 4.88 Å². The highest BCUT2D eigenvalue weighted by atomic mass is 32.2. The second-order valence-electron chi connectivity index (χ2n) is 5.75. The van der Waals surface area contributed by atoms with Gasteiger partial charge in [-0.3, -0.25) is 14.9 Å². The minimum atomic E-state index is -0.327. The number of aromatic nitrogens is 2. The summed E-state index contributed by atoms with van der Waals surface area (Å²) in [5.41, 5.74) is 5.04. The van der Waals surface area contributed by atoms with Crippen molar-refractivity contribution in [3.05, 3.63) is 57.0 Å². The lowest BCUT2D eigenvalue weighted by Crippen LogP contribution is -2.17. The Hall–Kier alpha value is -2.38. The molecule has 1 aliphatic heterocycles. The summed E-state index contributed by atoms with van der Waals surface area (Å²) in [6.45, 7) is 2.91. The van der Waals surface area contributed by atoms with Gasteiger partial charge in [0.05, 0.1) is 16.1 Å². The fourth-order valence-electron chi connectivity index (χ4n) is 2.92. The van der Waals surface area contributed by atoms with E-state index in [4.69, 9.17) is 0 Å². The summed E-state index contributed by atoms with van der Waals surface area (Å²) in [6.07, 6.45) is 4.79. The summed E-state index contributed by atoms with van der Waals surface area (Å²) in [4.78, 5) is 29.1. The molecule has 0 unspecified atom stereocenters. The Bertz CT molecular complexity index is 1020. The van der Waals surface area contributed by atoms with Crippen molar-refractivity contribution in [1.82, 2.24) is 14.9 Å². The Morgan fingerprint density at radius 1 is 1.28 bits per heavy atom. The number of imide groups is 1. The minimum Gasteiger partial charge on any atom is -0.347 e. The number of benzene rings is 1. The average molecular weight is 369 g/mol. The largest absolute Gasteiger partial charge is 0.347 e. The molecule has 25 heavy (non-hydrogen) atoms. The Morgan fingerprint density at radius 2 is 2.16 bits per heavy atom. The predicted molar refractivity (Wildman–Crippen MR) is 102 cm³/mol. The van der Waals surface area contributed by atoms with E-state index in [1.54, 1.807) is 17.4 Å². The highest BCUT2D eigenvalue weighted by molar-refractivity contribution is 8.18. The SMILES string of the molecule is Cc1ncsc1CCn1ccc2c(/C=C3\SC(=O)NC3=O)cccc21. The van der Waals surface area contributed by atoms with Crippen molar-refractivity contribution >= 4 is 51.2 Å². The van der Waals surface area contributed by atoms with Gasteiger partial charge in [-0.05, 0) is 42.5 Å². The maximum absolute atomic E-state index is 11.8. The van der Waals surface area contributed by atoms with Crippen LogP contribution in [0.4, 0.5) is 4.79 Å². The molecule has 4 rings (SSSR count). The van der Waals surface area contributed by atoms with Crippen molar-refractivity contribution < 1.29 is 9.59 Å². The molecular weight excluding hydrogens is 354 g/mol. The van der Waals surface area contributed by atoms with Crippen LogP contribution in [0.5, 0.6) is 0 Å². The summed E-state index contributed by atoms with van der Waals surface area (Å²) in [5.74, 6) is -0.327. The molecule has 0 radical (unpaired) electrons. The third kappa shape index (κ3) is 3.12. The summed E-state index contributed by atoms with van der Waals surface area (Å²) in [7, 11) is 0. The first-order valence-corrected chi connectivity index (χ1v) is 9.53. The molecule has 0 aliphatic carbocycles. The van der Waals surface area contributed by atoms with Gasteiger partial charge in [0.2, 0.25) is 0 Å². The van der Waals surface area contributed by atoms with Crippen LogP contribution >= 0.6 is 23.1 Å². The van der Waals surface area contributed by atoms with Gasteiger partial charge < -0.3 is 4.57 Å².